The number of carboxylic acid groups (broad SMARTS) is 1. The van der Waals surface area contributed by atoms with Crippen LogP contribution in [0.25, 0.3) is 0 Å². The summed E-state index contributed by atoms with van der Waals surface area (Å²) in [4.78, 5) is 11.4. The molecule has 1 fully saturated rings. The highest BCUT2D eigenvalue weighted by molar-refractivity contribution is 7.89. The maximum atomic E-state index is 12.8. The average molecular weight is 345 g/mol. The highest BCUT2D eigenvalue weighted by Crippen LogP contribution is 2.40. The number of nitrogens with zero attached hydrogens (tertiary/aromatic N) is 3. The highest BCUT2D eigenvalue weighted by atomic mass is 32.2. The Bertz CT molecular complexity index is 695. The zero-order chi connectivity index (χ0) is 17.6. The third kappa shape index (κ3) is 2.77. The van der Waals surface area contributed by atoms with Crippen LogP contribution >= 0.6 is 0 Å². The number of carbonyl (C=O) groups is 1. The molecule has 1 aliphatic rings. The summed E-state index contributed by atoms with van der Waals surface area (Å²) in [5.41, 5.74) is -2.23. The normalized spacial score (nSPS) is 19.7. The van der Waals surface area contributed by atoms with Gasteiger partial charge in [-0.2, -0.15) is 9.40 Å². The standard InChI is InChI=1S/C14H23N3O5S/c1-10-9-15-16(4)11(10)23(21,22)17-7-5-14(20,6-8-17)13(2,3)12(18)19/h9,20H,5-8H2,1-4H3,(H,18,19). The Hall–Kier alpha value is -1.45. The van der Waals surface area contributed by atoms with Crippen LogP contribution in [0.2, 0.25) is 0 Å². The van der Waals surface area contributed by atoms with Crippen LogP contribution in [-0.4, -0.2) is 57.4 Å². The second kappa shape index (κ2) is 5.57. The Morgan fingerprint density at radius 1 is 1.35 bits per heavy atom. The molecular formula is C14H23N3O5S. The maximum Gasteiger partial charge on any atom is 0.312 e. The van der Waals surface area contributed by atoms with E-state index in [9.17, 15) is 23.4 Å². The van der Waals surface area contributed by atoms with Crippen LogP contribution in [0.4, 0.5) is 0 Å². The Labute approximate surface area is 135 Å². The molecule has 2 heterocycles. The molecule has 2 rings (SSSR count). The smallest absolute Gasteiger partial charge is 0.312 e. The fourth-order valence-corrected chi connectivity index (χ4v) is 4.70. The Morgan fingerprint density at radius 2 is 1.87 bits per heavy atom. The van der Waals surface area contributed by atoms with Crippen LogP contribution in [0.3, 0.4) is 0 Å². The van der Waals surface area contributed by atoms with Gasteiger partial charge in [-0.05, 0) is 33.6 Å². The van der Waals surface area contributed by atoms with E-state index in [0.29, 0.717) is 5.56 Å². The van der Waals surface area contributed by atoms with Crippen molar-refractivity contribution in [1.29, 1.82) is 0 Å². The summed E-state index contributed by atoms with van der Waals surface area (Å²) in [5.74, 6) is -1.10. The van der Waals surface area contributed by atoms with Crippen LogP contribution in [0, 0.1) is 12.3 Å². The molecule has 0 bridgehead atoms. The van der Waals surface area contributed by atoms with Gasteiger partial charge in [0.15, 0.2) is 5.03 Å². The van der Waals surface area contributed by atoms with Crippen molar-refractivity contribution >= 4 is 16.0 Å². The minimum absolute atomic E-state index is 0.0696. The van der Waals surface area contributed by atoms with Crippen LogP contribution in [0.5, 0.6) is 0 Å². The Morgan fingerprint density at radius 3 is 2.26 bits per heavy atom. The van der Waals surface area contributed by atoms with E-state index in [1.165, 1.54) is 29.0 Å². The molecule has 23 heavy (non-hydrogen) atoms. The molecule has 0 radical (unpaired) electrons. The van der Waals surface area contributed by atoms with E-state index < -0.39 is 27.0 Å². The van der Waals surface area contributed by atoms with Crippen molar-refractivity contribution in [2.45, 2.75) is 44.2 Å². The highest BCUT2D eigenvalue weighted by Gasteiger charge is 2.51. The lowest BCUT2D eigenvalue weighted by Gasteiger charge is -2.44. The largest absolute Gasteiger partial charge is 0.481 e. The summed E-state index contributed by atoms with van der Waals surface area (Å²) in [7, 11) is -2.16. The molecule has 1 saturated heterocycles. The summed E-state index contributed by atoms with van der Waals surface area (Å²) in [6.45, 7) is 4.74. The molecule has 0 atom stereocenters. The van der Waals surface area contributed by atoms with Gasteiger partial charge < -0.3 is 10.2 Å². The zero-order valence-electron chi connectivity index (χ0n) is 13.8. The number of aliphatic carboxylic acids is 1. The van der Waals surface area contributed by atoms with E-state index in [1.807, 2.05) is 0 Å². The topological polar surface area (TPSA) is 113 Å². The third-order valence-electron chi connectivity index (χ3n) is 4.89. The fourth-order valence-electron chi connectivity index (χ4n) is 2.95. The van der Waals surface area contributed by atoms with Crippen LogP contribution in [0.1, 0.15) is 32.3 Å². The first kappa shape index (κ1) is 17.9. The predicted molar refractivity (Wildman–Crippen MR) is 82.3 cm³/mol. The Kier molecular flexibility index (Phi) is 4.33. The number of rotatable bonds is 4. The van der Waals surface area contributed by atoms with Gasteiger partial charge in [0.05, 0.1) is 17.2 Å². The summed E-state index contributed by atoms with van der Waals surface area (Å²) >= 11 is 0. The lowest BCUT2D eigenvalue weighted by molar-refractivity contribution is -0.169. The molecule has 0 amide bonds. The molecule has 9 heteroatoms. The van der Waals surface area contributed by atoms with Gasteiger partial charge in [0.25, 0.3) is 10.0 Å². The second-order valence-electron chi connectivity index (χ2n) is 6.62. The number of aliphatic hydroxyl groups is 1. The van der Waals surface area contributed by atoms with Gasteiger partial charge in [0, 0.05) is 25.7 Å². The molecule has 0 aromatic carbocycles. The molecular weight excluding hydrogens is 322 g/mol. The SMILES string of the molecule is Cc1cnn(C)c1S(=O)(=O)N1CCC(O)(C(C)(C)C(=O)O)CC1. The quantitative estimate of drug-likeness (QED) is 0.814. The number of aryl methyl sites for hydroxylation is 2. The number of hydrogen-bond acceptors (Lipinski definition) is 5. The molecule has 1 aliphatic heterocycles. The molecule has 0 unspecified atom stereocenters. The number of aromatic nitrogens is 2. The number of carboxylic acids is 1. The van der Waals surface area contributed by atoms with Crippen molar-refractivity contribution in [2.75, 3.05) is 13.1 Å². The molecule has 0 spiro atoms. The fraction of sp³-hybridized carbons (Fsp3) is 0.714. The molecule has 1 aromatic heterocycles. The summed E-state index contributed by atoms with van der Waals surface area (Å²) in [6, 6.07) is 0. The molecule has 1 aromatic rings. The first-order chi connectivity index (χ1) is 10.4. The Balaban J connectivity index is 2.24. The van der Waals surface area contributed by atoms with E-state index in [0.717, 1.165) is 0 Å². The van der Waals surface area contributed by atoms with Gasteiger partial charge in [-0.25, -0.2) is 8.42 Å². The minimum Gasteiger partial charge on any atom is -0.481 e. The van der Waals surface area contributed by atoms with Gasteiger partial charge >= 0.3 is 5.97 Å². The van der Waals surface area contributed by atoms with E-state index in [-0.39, 0.29) is 31.0 Å². The van der Waals surface area contributed by atoms with E-state index >= 15 is 0 Å². The van der Waals surface area contributed by atoms with Crippen molar-refractivity contribution in [2.24, 2.45) is 12.5 Å². The van der Waals surface area contributed by atoms with Gasteiger partial charge in [0.1, 0.15) is 0 Å². The van der Waals surface area contributed by atoms with Crippen molar-refractivity contribution < 1.29 is 23.4 Å². The molecule has 0 aliphatic carbocycles. The van der Waals surface area contributed by atoms with Gasteiger partial charge in [0.2, 0.25) is 0 Å². The van der Waals surface area contributed by atoms with Crippen LogP contribution < -0.4 is 0 Å². The van der Waals surface area contributed by atoms with E-state index in [2.05, 4.69) is 5.10 Å². The number of hydrogen-bond donors (Lipinski definition) is 2. The first-order valence-corrected chi connectivity index (χ1v) is 8.82. The summed E-state index contributed by atoms with van der Waals surface area (Å²) in [6.07, 6.45) is 1.63. The van der Waals surface area contributed by atoms with Crippen molar-refractivity contribution in [1.82, 2.24) is 14.1 Å². The number of sulfonamides is 1. The van der Waals surface area contributed by atoms with Crippen molar-refractivity contribution in [3.05, 3.63) is 11.8 Å². The molecule has 8 nitrogen and oxygen atoms in total. The average Bonchev–Trinajstić information content (AvgIpc) is 2.78. The van der Waals surface area contributed by atoms with Crippen LogP contribution in [0.15, 0.2) is 11.2 Å². The van der Waals surface area contributed by atoms with E-state index in [1.54, 1.807) is 14.0 Å². The summed E-state index contributed by atoms with van der Waals surface area (Å²) in [5, 5.41) is 24.1. The molecule has 130 valence electrons. The minimum atomic E-state index is -3.72. The van der Waals surface area contributed by atoms with Crippen molar-refractivity contribution in [3.8, 4) is 0 Å². The zero-order valence-corrected chi connectivity index (χ0v) is 14.6. The summed E-state index contributed by atoms with van der Waals surface area (Å²) < 4.78 is 28.1. The lowest BCUT2D eigenvalue weighted by atomic mass is 9.70. The molecule has 0 saturated carbocycles. The lowest BCUT2D eigenvalue weighted by Crippen LogP contribution is -2.56. The second-order valence-corrected chi connectivity index (χ2v) is 8.48. The van der Waals surface area contributed by atoms with Crippen molar-refractivity contribution in [3.63, 3.8) is 0 Å². The van der Waals surface area contributed by atoms with Gasteiger partial charge in [-0.3, -0.25) is 9.48 Å². The third-order valence-corrected chi connectivity index (χ3v) is 7.01. The van der Waals surface area contributed by atoms with Gasteiger partial charge in [-0.15, -0.1) is 0 Å². The maximum absolute atomic E-state index is 12.8. The first-order valence-electron chi connectivity index (χ1n) is 7.38. The van der Waals surface area contributed by atoms with E-state index in [4.69, 9.17) is 0 Å². The van der Waals surface area contributed by atoms with Crippen LogP contribution in [-0.2, 0) is 21.9 Å². The predicted octanol–water partition coefficient (Wildman–Crippen LogP) is 0.355. The van der Waals surface area contributed by atoms with Gasteiger partial charge in [-0.1, -0.05) is 0 Å². The monoisotopic (exact) mass is 345 g/mol. The molecule has 2 N–H and O–H groups in total. The number of piperidine rings is 1.